The topological polar surface area (TPSA) is 42.0 Å². The summed E-state index contributed by atoms with van der Waals surface area (Å²) in [7, 11) is 0. The monoisotopic (exact) mass is 210 g/mol. The Bertz CT molecular complexity index is 352. The molecule has 0 aliphatic carbocycles. The van der Waals surface area contributed by atoms with Crippen LogP contribution in [0.3, 0.4) is 0 Å². The summed E-state index contributed by atoms with van der Waals surface area (Å²) in [5, 5.41) is 3.19. The maximum absolute atomic E-state index is 11.5. The van der Waals surface area contributed by atoms with Crippen molar-refractivity contribution in [2.45, 2.75) is 13.0 Å². The number of pyridine rings is 1. The van der Waals surface area contributed by atoms with Crippen LogP contribution < -0.4 is 5.32 Å². The molecule has 14 heavy (non-hydrogen) atoms. The van der Waals surface area contributed by atoms with E-state index in [1.807, 2.05) is 6.92 Å². The Morgan fingerprint density at radius 2 is 2.50 bits per heavy atom. The Morgan fingerprint density at radius 1 is 1.79 bits per heavy atom. The number of aromatic nitrogens is 1. The van der Waals surface area contributed by atoms with Crippen molar-refractivity contribution < 1.29 is 4.79 Å². The Morgan fingerprint density at radius 3 is 3.07 bits per heavy atom. The van der Waals surface area contributed by atoms with E-state index in [-0.39, 0.29) is 11.9 Å². The molecule has 74 valence electrons. The maximum Gasteiger partial charge on any atom is 0.270 e. The molecule has 0 aliphatic rings. The largest absolute Gasteiger partial charge is 0.345 e. The SMILES string of the molecule is C=CC(C)NC(=O)c1cc(Cl)ccn1. The predicted octanol–water partition coefficient (Wildman–Crippen LogP) is 2.04. The quantitative estimate of drug-likeness (QED) is 0.776. The van der Waals surface area contributed by atoms with Gasteiger partial charge in [-0.2, -0.15) is 0 Å². The highest BCUT2D eigenvalue weighted by Crippen LogP contribution is 2.07. The lowest BCUT2D eigenvalue weighted by atomic mass is 10.3. The van der Waals surface area contributed by atoms with Crippen LogP contribution in [0.25, 0.3) is 0 Å². The van der Waals surface area contributed by atoms with Gasteiger partial charge in [0.15, 0.2) is 0 Å². The number of nitrogens with zero attached hydrogens (tertiary/aromatic N) is 1. The van der Waals surface area contributed by atoms with Gasteiger partial charge in [-0.3, -0.25) is 9.78 Å². The lowest BCUT2D eigenvalue weighted by Gasteiger charge is -2.08. The number of carbonyl (C=O) groups is 1. The molecule has 0 spiro atoms. The maximum atomic E-state index is 11.5. The minimum Gasteiger partial charge on any atom is -0.345 e. The average Bonchev–Trinajstić information content (AvgIpc) is 2.17. The van der Waals surface area contributed by atoms with Crippen molar-refractivity contribution in [3.63, 3.8) is 0 Å². The fraction of sp³-hybridized carbons (Fsp3) is 0.200. The molecule has 3 nitrogen and oxygen atoms in total. The zero-order valence-electron chi connectivity index (χ0n) is 7.83. The van der Waals surface area contributed by atoms with E-state index >= 15 is 0 Å². The average molecular weight is 211 g/mol. The molecule has 1 unspecified atom stereocenters. The van der Waals surface area contributed by atoms with E-state index in [1.54, 1.807) is 12.1 Å². The van der Waals surface area contributed by atoms with E-state index in [9.17, 15) is 4.79 Å². The molecular formula is C10H11ClN2O. The molecule has 0 aliphatic heterocycles. The second kappa shape index (κ2) is 4.77. The second-order valence-electron chi connectivity index (χ2n) is 2.86. The van der Waals surface area contributed by atoms with Crippen LogP contribution in [-0.2, 0) is 0 Å². The van der Waals surface area contributed by atoms with Gasteiger partial charge < -0.3 is 5.32 Å². The van der Waals surface area contributed by atoms with Crippen LogP contribution in [0.5, 0.6) is 0 Å². The highest BCUT2D eigenvalue weighted by atomic mass is 35.5. The Hall–Kier alpha value is -1.35. The molecule has 0 saturated heterocycles. The van der Waals surface area contributed by atoms with Crippen LogP contribution in [0.2, 0.25) is 5.02 Å². The van der Waals surface area contributed by atoms with E-state index < -0.39 is 0 Å². The van der Waals surface area contributed by atoms with Gasteiger partial charge in [0.1, 0.15) is 5.69 Å². The molecule has 1 atom stereocenters. The summed E-state index contributed by atoms with van der Waals surface area (Å²) in [4.78, 5) is 15.4. The normalized spacial score (nSPS) is 11.9. The van der Waals surface area contributed by atoms with Gasteiger partial charge in [-0.05, 0) is 19.1 Å². The van der Waals surface area contributed by atoms with Gasteiger partial charge >= 0.3 is 0 Å². The molecule has 0 radical (unpaired) electrons. The number of amides is 1. The summed E-state index contributed by atoms with van der Waals surface area (Å²) < 4.78 is 0. The van der Waals surface area contributed by atoms with Crippen molar-refractivity contribution in [3.05, 3.63) is 41.7 Å². The first-order chi connectivity index (χ1) is 6.63. The number of hydrogen-bond acceptors (Lipinski definition) is 2. The van der Waals surface area contributed by atoms with Crippen LogP contribution in [0.1, 0.15) is 17.4 Å². The van der Waals surface area contributed by atoms with Gasteiger partial charge in [0.2, 0.25) is 0 Å². The summed E-state index contributed by atoms with van der Waals surface area (Å²) in [6.07, 6.45) is 3.14. The van der Waals surface area contributed by atoms with Gasteiger partial charge in [-0.15, -0.1) is 6.58 Å². The first-order valence-electron chi connectivity index (χ1n) is 4.18. The van der Waals surface area contributed by atoms with Crippen molar-refractivity contribution in [2.24, 2.45) is 0 Å². The number of carbonyl (C=O) groups excluding carboxylic acids is 1. The lowest BCUT2D eigenvalue weighted by Crippen LogP contribution is -2.31. The zero-order chi connectivity index (χ0) is 10.6. The highest BCUT2D eigenvalue weighted by Gasteiger charge is 2.08. The Kier molecular flexibility index (Phi) is 3.65. The highest BCUT2D eigenvalue weighted by molar-refractivity contribution is 6.30. The van der Waals surface area contributed by atoms with E-state index in [0.717, 1.165) is 0 Å². The van der Waals surface area contributed by atoms with Crippen molar-refractivity contribution in [1.82, 2.24) is 10.3 Å². The summed E-state index contributed by atoms with van der Waals surface area (Å²) in [5.41, 5.74) is 0.311. The van der Waals surface area contributed by atoms with Gasteiger partial charge in [0.05, 0.1) is 0 Å². The number of nitrogens with one attached hydrogen (secondary N) is 1. The third-order valence-electron chi connectivity index (χ3n) is 1.67. The summed E-state index contributed by atoms with van der Waals surface area (Å²) >= 11 is 5.72. The van der Waals surface area contributed by atoms with Crippen LogP contribution in [0, 0.1) is 0 Å². The predicted molar refractivity (Wildman–Crippen MR) is 56.4 cm³/mol. The minimum absolute atomic E-state index is 0.0803. The van der Waals surface area contributed by atoms with Crippen molar-refractivity contribution in [1.29, 1.82) is 0 Å². The molecule has 0 saturated carbocycles. The summed E-state index contributed by atoms with van der Waals surface area (Å²) in [5.74, 6) is -0.250. The van der Waals surface area contributed by atoms with Gasteiger partial charge in [-0.25, -0.2) is 0 Å². The zero-order valence-corrected chi connectivity index (χ0v) is 8.58. The molecule has 1 aromatic heterocycles. The molecule has 1 N–H and O–H groups in total. The first-order valence-corrected chi connectivity index (χ1v) is 4.56. The number of rotatable bonds is 3. The van der Waals surface area contributed by atoms with Gasteiger partial charge in [-0.1, -0.05) is 17.7 Å². The van der Waals surface area contributed by atoms with Crippen molar-refractivity contribution in [3.8, 4) is 0 Å². The van der Waals surface area contributed by atoms with E-state index in [2.05, 4.69) is 16.9 Å². The van der Waals surface area contributed by atoms with Crippen molar-refractivity contribution >= 4 is 17.5 Å². The molecule has 0 fully saturated rings. The Balaban J connectivity index is 2.74. The smallest absolute Gasteiger partial charge is 0.270 e. The second-order valence-corrected chi connectivity index (χ2v) is 3.29. The van der Waals surface area contributed by atoms with Gasteiger partial charge in [0.25, 0.3) is 5.91 Å². The molecule has 0 bridgehead atoms. The van der Waals surface area contributed by atoms with Crippen LogP contribution in [0.15, 0.2) is 31.0 Å². The minimum atomic E-state index is -0.250. The molecule has 1 amide bonds. The van der Waals surface area contributed by atoms with Crippen LogP contribution in [0.4, 0.5) is 0 Å². The summed E-state index contributed by atoms with van der Waals surface area (Å²) in [6.45, 7) is 5.39. The van der Waals surface area contributed by atoms with E-state index in [0.29, 0.717) is 10.7 Å². The van der Waals surface area contributed by atoms with Gasteiger partial charge in [0, 0.05) is 17.3 Å². The molecule has 1 heterocycles. The third kappa shape index (κ3) is 2.85. The fourth-order valence-electron chi connectivity index (χ4n) is 0.869. The fourth-order valence-corrected chi connectivity index (χ4v) is 1.03. The van der Waals surface area contributed by atoms with Crippen molar-refractivity contribution in [2.75, 3.05) is 0 Å². The molecule has 1 aromatic rings. The van der Waals surface area contributed by atoms with Crippen LogP contribution in [-0.4, -0.2) is 16.9 Å². The van der Waals surface area contributed by atoms with E-state index in [4.69, 9.17) is 11.6 Å². The molecule has 1 rings (SSSR count). The number of hydrogen-bond donors (Lipinski definition) is 1. The first kappa shape index (κ1) is 10.7. The number of halogens is 1. The third-order valence-corrected chi connectivity index (χ3v) is 1.90. The summed E-state index contributed by atoms with van der Waals surface area (Å²) in [6, 6.07) is 3.06. The lowest BCUT2D eigenvalue weighted by molar-refractivity contribution is 0.0942. The van der Waals surface area contributed by atoms with Crippen LogP contribution >= 0.6 is 11.6 Å². The standard InChI is InChI=1S/C10H11ClN2O/c1-3-7(2)13-10(14)9-6-8(11)4-5-12-9/h3-7H,1H2,2H3,(H,13,14). The van der Waals surface area contributed by atoms with E-state index in [1.165, 1.54) is 12.3 Å². The Labute approximate surface area is 87.8 Å². The molecule has 4 heteroatoms. The molecular weight excluding hydrogens is 200 g/mol. The molecule has 0 aromatic carbocycles.